The van der Waals surface area contributed by atoms with Crippen molar-refractivity contribution >= 4 is 11.6 Å². The summed E-state index contributed by atoms with van der Waals surface area (Å²) >= 11 is 0. The Kier molecular flexibility index (Phi) is 4.28. The van der Waals surface area contributed by atoms with E-state index < -0.39 is 11.7 Å². The molecule has 1 amide bonds. The second-order valence-corrected chi connectivity index (χ2v) is 3.72. The summed E-state index contributed by atoms with van der Waals surface area (Å²) in [5, 5.41) is 3.23. The van der Waals surface area contributed by atoms with Gasteiger partial charge in [0.2, 0.25) is 0 Å². The molecule has 88 valence electrons. The van der Waals surface area contributed by atoms with Crippen LogP contribution >= 0.6 is 0 Å². The Morgan fingerprint density at radius 3 is 2.56 bits per heavy atom. The maximum Gasteiger partial charge on any atom is 0.251 e. The predicted molar refractivity (Wildman–Crippen MR) is 62.9 cm³/mol. The van der Waals surface area contributed by atoms with Gasteiger partial charge in [-0.1, -0.05) is 13.8 Å². The first kappa shape index (κ1) is 12.5. The molecular weight excluding hydrogens is 207 g/mol. The van der Waals surface area contributed by atoms with E-state index in [-0.39, 0.29) is 5.56 Å². The van der Waals surface area contributed by atoms with Crippen molar-refractivity contribution in [3.8, 4) is 0 Å². The van der Waals surface area contributed by atoms with Crippen LogP contribution in [0.25, 0.3) is 0 Å². The molecule has 0 saturated carbocycles. The zero-order chi connectivity index (χ0) is 12.1. The van der Waals surface area contributed by atoms with Gasteiger partial charge >= 0.3 is 0 Å². The van der Waals surface area contributed by atoms with Crippen LogP contribution < -0.4 is 11.1 Å². The summed E-state index contributed by atoms with van der Waals surface area (Å²) in [6.45, 7) is 4.14. The number of rotatable bonds is 5. The average Bonchev–Trinajstić information content (AvgIpc) is 2.27. The number of hydrogen-bond acceptors (Lipinski definition) is 2. The van der Waals surface area contributed by atoms with Gasteiger partial charge in [-0.2, -0.15) is 0 Å². The lowest BCUT2D eigenvalue weighted by Gasteiger charge is -2.16. The van der Waals surface area contributed by atoms with E-state index in [1.807, 2.05) is 0 Å². The van der Waals surface area contributed by atoms with E-state index in [0.717, 1.165) is 18.5 Å². The highest BCUT2D eigenvalue weighted by molar-refractivity contribution is 5.94. The Hall–Kier alpha value is -1.58. The van der Waals surface area contributed by atoms with Crippen LogP contribution in [0, 0.1) is 5.82 Å². The van der Waals surface area contributed by atoms with Gasteiger partial charge in [-0.05, 0) is 31.0 Å². The van der Waals surface area contributed by atoms with Crippen molar-refractivity contribution in [1.29, 1.82) is 0 Å². The number of halogens is 1. The topological polar surface area (TPSA) is 55.1 Å². The molecule has 4 heteroatoms. The number of primary amides is 1. The molecule has 0 radical (unpaired) electrons. The molecule has 0 aliphatic rings. The maximum absolute atomic E-state index is 13.2. The molecule has 0 bridgehead atoms. The summed E-state index contributed by atoms with van der Waals surface area (Å²) < 4.78 is 13.2. The minimum Gasteiger partial charge on any atom is -0.382 e. The van der Waals surface area contributed by atoms with E-state index >= 15 is 0 Å². The van der Waals surface area contributed by atoms with Crippen LogP contribution in [0.2, 0.25) is 0 Å². The molecule has 16 heavy (non-hydrogen) atoms. The van der Waals surface area contributed by atoms with Gasteiger partial charge in [0.25, 0.3) is 5.91 Å². The van der Waals surface area contributed by atoms with Crippen LogP contribution in [0.1, 0.15) is 37.0 Å². The van der Waals surface area contributed by atoms with E-state index in [9.17, 15) is 9.18 Å². The number of carbonyl (C=O) groups excluding carboxylic acids is 1. The van der Waals surface area contributed by atoms with E-state index in [2.05, 4.69) is 19.2 Å². The molecule has 0 saturated heterocycles. The van der Waals surface area contributed by atoms with Crippen molar-refractivity contribution in [2.75, 3.05) is 5.32 Å². The fourth-order valence-corrected chi connectivity index (χ4v) is 1.53. The van der Waals surface area contributed by atoms with Gasteiger partial charge in [0.15, 0.2) is 0 Å². The standard InChI is InChI=1S/C12H17FN2O/c1-3-8(4-2)15-9-5-6-11(13)10(7-9)12(14)16/h5-8,15H,3-4H2,1-2H3,(H2,14,16). The van der Waals surface area contributed by atoms with E-state index in [4.69, 9.17) is 5.73 Å². The number of amides is 1. The summed E-state index contributed by atoms with van der Waals surface area (Å²) in [6.07, 6.45) is 1.94. The molecule has 0 aromatic heterocycles. The lowest BCUT2D eigenvalue weighted by atomic mass is 10.1. The van der Waals surface area contributed by atoms with Gasteiger partial charge in [0.1, 0.15) is 5.82 Å². The number of hydrogen-bond donors (Lipinski definition) is 2. The van der Waals surface area contributed by atoms with Crippen LogP contribution in [0.15, 0.2) is 18.2 Å². The average molecular weight is 224 g/mol. The van der Waals surface area contributed by atoms with E-state index in [0.29, 0.717) is 6.04 Å². The van der Waals surface area contributed by atoms with Gasteiger partial charge in [0.05, 0.1) is 5.56 Å². The van der Waals surface area contributed by atoms with Crippen molar-refractivity contribution in [3.05, 3.63) is 29.6 Å². The monoisotopic (exact) mass is 224 g/mol. The number of nitrogens with two attached hydrogens (primary N) is 1. The minimum absolute atomic E-state index is 0.0732. The summed E-state index contributed by atoms with van der Waals surface area (Å²) in [5.74, 6) is -1.33. The van der Waals surface area contributed by atoms with Crippen molar-refractivity contribution in [2.24, 2.45) is 5.73 Å². The fourth-order valence-electron chi connectivity index (χ4n) is 1.53. The zero-order valence-electron chi connectivity index (χ0n) is 9.59. The highest BCUT2D eigenvalue weighted by Gasteiger charge is 2.10. The van der Waals surface area contributed by atoms with Gasteiger partial charge in [0, 0.05) is 11.7 Å². The third-order valence-corrected chi connectivity index (χ3v) is 2.59. The van der Waals surface area contributed by atoms with Gasteiger partial charge in [-0.15, -0.1) is 0 Å². The first-order chi connectivity index (χ1) is 7.58. The summed E-state index contributed by atoms with van der Waals surface area (Å²) in [7, 11) is 0. The lowest BCUT2D eigenvalue weighted by Crippen LogP contribution is -2.18. The normalized spacial score (nSPS) is 10.5. The second kappa shape index (κ2) is 5.49. The molecule has 1 aromatic carbocycles. The Morgan fingerprint density at radius 1 is 1.44 bits per heavy atom. The van der Waals surface area contributed by atoms with Gasteiger partial charge < -0.3 is 11.1 Å². The van der Waals surface area contributed by atoms with Gasteiger partial charge in [-0.25, -0.2) is 4.39 Å². The summed E-state index contributed by atoms with van der Waals surface area (Å²) in [4.78, 5) is 11.0. The number of nitrogens with one attached hydrogen (secondary N) is 1. The van der Waals surface area contributed by atoms with Gasteiger partial charge in [-0.3, -0.25) is 4.79 Å². The van der Waals surface area contributed by atoms with E-state index in [1.54, 1.807) is 6.07 Å². The van der Waals surface area contributed by atoms with E-state index in [1.165, 1.54) is 12.1 Å². The molecule has 0 fully saturated rings. The molecule has 0 unspecified atom stereocenters. The van der Waals surface area contributed by atoms with Crippen molar-refractivity contribution in [1.82, 2.24) is 0 Å². The molecule has 0 spiro atoms. The maximum atomic E-state index is 13.2. The molecule has 1 rings (SSSR count). The largest absolute Gasteiger partial charge is 0.382 e. The van der Waals surface area contributed by atoms with Crippen molar-refractivity contribution < 1.29 is 9.18 Å². The SMILES string of the molecule is CCC(CC)Nc1ccc(F)c(C(N)=O)c1. The molecule has 3 nitrogen and oxygen atoms in total. The van der Waals surface area contributed by atoms with Crippen LogP contribution in [0.5, 0.6) is 0 Å². The summed E-state index contributed by atoms with van der Waals surface area (Å²) in [6, 6.07) is 4.65. The predicted octanol–water partition coefficient (Wildman–Crippen LogP) is 2.53. The number of anilines is 1. The highest BCUT2D eigenvalue weighted by Crippen LogP contribution is 2.16. The Morgan fingerprint density at radius 2 is 2.06 bits per heavy atom. The minimum atomic E-state index is -0.745. The van der Waals surface area contributed by atoms with Crippen molar-refractivity contribution in [3.63, 3.8) is 0 Å². The fraction of sp³-hybridized carbons (Fsp3) is 0.417. The molecular formula is C12H17FN2O. The Balaban J connectivity index is 2.90. The first-order valence-corrected chi connectivity index (χ1v) is 5.44. The van der Waals surface area contributed by atoms with Crippen LogP contribution in [-0.4, -0.2) is 11.9 Å². The Bertz CT molecular complexity index is 375. The molecule has 0 atom stereocenters. The Labute approximate surface area is 94.8 Å². The molecule has 0 heterocycles. The van der Waals surface area contributed by atoms with Crippen LogP contribution in [0.3, 0.4) is 0 Å². The smallest absolute Gasteiger partial charge is 0.251 e. The lowest BCUT2D eigenvalue weighted by molar-refractivity contribution is 0.0996. The summed E-state index contributed by atoms with van der Waals surface area (Å²) in [5.41, 5.74) is 5.73. The molecule has 1 aromatic rings. The third-order valence-electron chi connectivity index (χ3n) is 2.59. The first-order valence-electron chi connectivity index (χ1n) is 5.44. The third kappa shape index (κ3) is 2.95. The molecule has 0 aliphatic heterocycles. The second-order valence-electron chi connectivity index (χ2n) is 3.72. The molecule has 0 aliphatic carbocycles. The molecule has 3 N–H and O–H groups in total. The number of benzene rings is 1. The highest BCUT2D eigenvalue weighted by atomic mass is 19.1. The zero-order valence-corrected chi connectivity index (χ0v) is 9.59. The number of carbonyl (C=O) groups is 1. The quantitative estimate of drug-likeness (QED) is 0.807. The van der Waals surface area contributed by atoms with Crippen LogP contribution in [0.4, 0.5) is 10.1 Å². The van der Waals surface area contributed by atoms with Crippen molar-refractivity contribution in [2.45, 2.75) is 32.7 Å². The van der Waals surface area contributed by atoms with Crippen LogP contribution in [-0.2, 0) is 0 Å².